The molecule has 1 unspecified atom stereocenters. The van der Waals surface area contributed by atoms with Gasteiger partial charge in [0.2, 0.25) is 0 Å². The van der Waals surface area contributed by atoms with Crippen molar-refractivity contribution in [3.8, 4) is 0 Å². The zero-order valence-electron chi connectivity index (χ0n) is 12.5. The number of aliphatic hydroxyl groups is 1. The number of aromatic nitrogens is 2. The number of amides is 1. The average Bonchev–Trinajstić information content (AvgIpc) is 3.11. The third kappa shape index (κ3) is 2.62. The fourth-order valence-electron chi connectivity index (χ4n) is 2.91. The second-order valence-corrected chi connectivity index (χ2v) is 5.46. The van der Waals surface area contributed by atoms with Crippen LogP contribution in [0.15, 0.2) is 54.8 Å². The van der Waals surface area contributed by atoms with Crippen LogP contribution in [-0.4, -0.2) is 38.1 Å². The summed E-state index contributed by atoms with van der Waals surface area (Å²) in [6.07, 6.45) is 6.23. The van der Waals surface area contributed by atoms with Crippen molar-refractivity contribution < 1.29 is 9.90 Å². The van der Waals surface area contributed by atoms with Crippen LogP contribution in [0.25, 0.3) is 5.57 Å². The predicted octanol–water partition coefficient (Wildman–Crippen LogP) is 2.47. The molecule has 1 atom stereocenters. The Morgan fingerprint density at radius 3 is 2.68 bits per heavy atom. The van der Waals surface area contributed by atoms with Crippen LogP contribution in [0.4, 0.5) is 0 Å². The lowest BCUT2D eigenvalue weighted by atomic mass is 10.0. The van der Waals surface area contributed by atoms with Crippen molar-refractivity contribution >= 4 is 11.5 Å². The van der Waals surface area contributed by atoms with Crippen LogP contribution in [-0.2, 0) is 11.3 Å². The third-order valence-electron chi connectivity index (χ3n) is 4.06. The molecule has 1 aromatic carbocycles. The Labute approximate surface area is 129 Å². The number of carbonyl (C=O) groups excluding carboxylic acids is 1. The Kier molecular flexibility index (Phi) is 3.96. The number of aryl methyl sites for hydroxylation is 1. The fourth-order valence-corrected chi connectivity index (χ4v) is 2.91. The van der Waals surface area contributed by atoms with Gasteiger partial charge >= 0.3 is 0 Å². The number of hydrogen-bond acceptors (Lipinski definition) is 3. The van der Waals surface area contributed by atoms with Gasteiger partial charge in [-0.15, -0.1) is 0 Å². The summed E-state index contributed by atoms with van der Waals surface area (Å²) in [4.78, 5) is 18.0. The molecule has 0 radical (unpaired) electrons. The van der Waals surface area contributed by atoms with Gasteiger partial charge < -0.3 is 14.6 Å². The first-order valence-electron chi connectivity index (χ1n) is 7.43. The Morgan fingerprint density at radius 1 is 1.23 bits per heavy atom. The molecule has 3 rings (SSSR count). The monoisotopic (exact) mass is 297 g/mol. The molecule has 1 amide bonds. The second kappa shape index (κ2) is 6.05. The smallest absolute Gasteiger partial charge is 0.289 e. The SMILES string of the molecule is CC1C(c2ccccc2)=C(O)C(=O)N1CCCn1ccnc1. The molecule has 0 fully saturated rings. The molecule has 1 N–H and O–H groups in total. The van der Waals surface area contributed by atoms with Crippen LogP contribution >= 0.6 is 0 Å². The van der Waals surface area contributed by atoms with E-state index in [-0.39, 0.29) is 17.7 Å². The molecule has 2 heterocycles. The minimum absolute atomic E-state index is 0.113. The molecule has 1 aromatic heterocycles. The molecule has 1 aliphatic heterocycles. The van der Waals surface area contributed by atoms with E-state index in [1.165, 1.54) is 0 Å². The number of hydrogen-bond donors (Lipinski definition) is 1. The summed E-state index contributed by atoms with van der Waals surface area (Å²) >= 11 is 0. The van der Waals surface area contributed by atoms with Crippen LogP contribution in [0.5, 0.6) is 0 Å². The van der Waals surface area contributed by atoms with E-state index in [4.69, 9.17) is 0 Å². The van der Waals surface area contributed by atoms with E-state index in [1.807, 2.05) is 48.0 Å². The van der Waals surface area contributed by atoms with Gasteiger partial charge in [-0.1, -0.05) is 30.3 Å². The highest BCUT2D eigenvalue weighted by Gasteiger charge is 2.36. The maximum Gasteiger partial charge on any atom is 0.289 e. The third-order valence-corrected chi connectivity index (χ3v) is 4.06. The van der Waals surface area contributed by atoms with Crippen LogP contribution < -0.4 is 0 Å². The molecule has 0 bridgehead atoms. The van der Waals surface area contributed by atoms with E-state index >= 15 is 0 Å². The van der Waals surface area contributed by atoms with Crippen LogP contribution in [0.2, 0.25) is 0 Å². The number of rotatable bonds is 5. The molecular formula is C17H19N3O2. The maximum atomic E-state index is 12.3. The van der Waals surface area contributed by atoms with Crippen molar-refractivity contribution in [1.29, 1.82) is 0 Å². The van der Waals surface area contributed by atoms with Gasteiger partial charge in [0.15, 0.2) is 5.76 Å². The number of imidazole rings is 1. The zero-order chi connectivity index (χ0) is 15.5. The minimum Gasteiger partial charge on any atom is -0.503 e. The summed E-state index contributed by atoms with van der Waals surface area (Å²) in [5.41, 5.74) is 1.62. The molecule has 0 aliphatic carbocycles. The molecule has 22 heavy (non-hydrogen) atoms. The van der Waals surface area contributed by atoms with Gasteiger partial charge in [-0.2, -0.15) is 0 Å². The van der Waals surface area contributed by atoms with Crippen molar-refractivity contribution in [2.75, 3.05) is 6.54 Å². The number of aliphatic hydroxyl groups excluding tert-OH is 1. The van der Waals surface area contributed by atoms with Crippen molar-refractivity contribution in [2.45, 2.75) is 25.9 Å². The van der Waals surface area contributed by atoms with Crippen LogP contribution in [0.1, 0.15) is 18.9 Å². The lowest BCUT2D eigenvalue weighted by molar-refractivity contribution is -0.129. The summed E-state index contributed by atoms with van der Waals surface area (Å²) in [5.74, 6) is -0.404. The quantitative estimate of drug-likeness (QED) is 0.922. The summed E-state index contributed by atoms with van der Waals surface area (Å²) in [6, 6.07) is 9.47. The zero-order valence-corrected chi connectivity index (χ0v) is 12.5. The first-order valence-corrected chi connectivity index (χ1v) is 7.43. The maximum absolute atomic E-state index is 12.3. The Bertz CT molecular complexity index is 677. The second-order valence-electron chi connectivity index (χ2n) is 5.46. The Hall–Kier alpha value is -2.56. The molecule has 5 nitrogen and oxygen atoms in total. The van der Waals surface area contributed by atoms with Crippen molar-refractivity contribution in [3.63, 3.8) is 0 Å². The highest BCUT2D eigenvalue weighted by atomic mass is 16.3. The Morgan fingerprint density at radius 2 is 2.00 bits per heavy atom. The van der Waals surface area contributed by atoms with E-state index in [0.29, 0.717) is 12.1 Å². The van der Waals surface area contributed by atoms with E-state index in [9.17, 15) is 9.90 Å². The van der Waals surface area contributed by atoms with E-state index in [0.717, 1.165) is 18.5 Å². The molecule has 1 aliphatic rings. The summed E-state index contributed by atoms with van der Waals surface area (Å²) < 4.78 is 1.98. The normalized spacial score (nSPS) is 18.3. The number of nitrogens with zero attached hydrogens (tertiary/aromatic N) is 3. The highest BCUT2D eigenvalue weighted by Crippen LogP contribution is 2.32. The van der Waals surface area contributed by atoms with E-state index < -0.39 is 0 Å². The summed E-state index contributed by atoms with van der Waals surface area (Å²) in [5, 5.41) is 10.2. The van der Waals surface area contributed by atoms with Crippen LogP contribution in [0, 0.1) is 0 Å². The van der Waals surface area contributed by atoms with Crippen molar-refractivity contribution in [1.82, 2.24) is 14.5 Å². The van der Waals surface area contributed by atoms with Crippen molar-refractivity contribution in [2.24, 2.45) is 0 Å². The molecular weight excluding hydrogens is 278 g/mol. The standard InChI is InChI=1S/C17H19N3O2/c1-13-15(14-6-3-2-4-7-14)16(21)17(22)20(13)10-5-9-19-11-8-18-12-19/h2-4,6-8,11-13,21H,5,9-10H2,1H3. The molecule has 0 saturated carbocycles. The largest absolute Gasteiger partial charge is 0.503 e. The van der Waals surface area contributed by atoms with Gasteiger partial charge in [0.25, 0.3) is 5.91 Å². The predicted molar refractivity (Wildman–Crippen MR) is 84.0 cm³/mol. The first-order chi connectivity index (χ1) is 10.7. The lowest BCUT2D eigenvalue weighted by Gasteiger charge is -2.23. The van der Waals surface area contributed by atoms with Gasteiger partial charge in [0.05, 0.1) is 12.4 Å². The topological polar surface area (TPSA) is 58.4 Å². The molecule has 5 heteroatoms. The van der Waals surface area contributed by atoms with Gasteiger partial charge in [-0.05, 0) is 18.9 Å². The van der Waals surface area contributed by atoms with Gasteiger partial charge in [-0.3, -0.25) is 4.79 Å². The van der Waals surface area contributed by atoms with Crippen LogP contribution in [0.3, 0.4) is 0 Å². The molecule has 0 saturated heterocycles. The van der Waals surface area contributed by atoms with Gasteiger partial charge in [0.1, 0.15) is 0 Å². The molecule has 2 aromatic rings. The first kappa shape index (κ1) is 14.4. The Balaban J connectivity index is 1.69. The van der Waals surface area contributed by atoms with Crippen molar-refractivity contribution in [3.05, 3.63) is 60.4 Å². The van der Waals surface area contributed by atoms with E-state index in [2.05, 4.69) is 4.98 Å². The lowest BCUT2D eigenvalue weighted by Crippen LogP contribution is -2.34. The highest BCUT2D eigenvalue weighted by molar-refractivity contribution is 6.05. The average molecular weight is 297 g/mol. The summed E-state index contributed by atoms with van der Waals surface area (Å²) in [7, 11) is 0. The number of carbonyl (C=O) groups is 1. The minimum atomic E-state index is -0.281. The van der Waals surface area contributed by atoms with Gasteiger partial charge in [0, 0.05) is 31.1 Å². The number of benzene rings is 1. The molecule has 0 spiro atoms. The molecule has 114 valence electrons. The van der Waals surface area contributed by atoms with Gasteiger partial charge in [-0.25, -0.2) is 4.98 Å². The fraction of sp³-hybridized carbons (Fsp3) is 0.294. The summed E-state index contributed by atoms with van der Waals surface area (Å²) in [6.45, 7) is 3.37. The van der Waals surface area contributed by atoms with E-state index in [1.54, 1.807) is 17.4 Å².